The Bertz CT molecular complexity index is 522. The van der Waals surface area contributed by atoms with Crippen molar-refractivity contribution < 1.29 is 0 Å². The van der Waals surface area contributed by atoms with Crippen LogP contribution in [0.5, 0.6) is 0 Å². The predicted molar refractivity (Wildman–Crippen MR) is 61.4 cm³/mol. The lowest BCUT2D eigenvalue weighted by atomic mass is 10.2. The minimum absolute atomic E-state index is 0.341. The van der Waals surface area contributed by atoms with E-state index in [9.17, 15) is 0 Å². The van der Waals surface area contributed by atoms with Crippen LogP contribution in [0, 0.1) is 11.8 Å². The number of H-pyrrole nitrogens is 1. The van der Waals surface area contributed by atoms with E-state index in [0.717, 1.165) is 21.1 Å². The molecule has 0 amide bonds. The third-order valence-electron chi connectivity index (χ3n) is 1.79. The first-order chi connectivity index (χ1) is 6.81. The number of rotatable bonds is 0. The molecule has 2 nitrogen and oxygen atoms in total. The maximum Gasteiger partial charge on any atom is 0.138 e. The van der Waals surface area contributed by atoms with E-state index in [4.69, 9.17) is 11.6 Å². The van der Waals surface area contributed by atoms with Crippen LogP contribution in [0.25, 0.3) is 11.0 Å². The molecule has 0 aliphatic rings. The van der Waals surface area contributed by atoms with Crippen LogP contribution in [0.2, 0.25) is 0 Å². The number of fused-ring (bicyclic) bond motifs is 1. The highest BCUT2D eigenvalue weighted by atomic mass is 79.9. The van der Waals surface area contributed by atoms with Crippen LogP contribution in [0.3, 0.4) is 0 Å². The van der Waals surface area contributed by atoms with Crippen LogP contribution in [0.15, 0.2) is 22.9 Å². The van der Waals surface area contributed by atoms with E-state index in [1.807, 2.05) is 12.3 Å². The van der Waals surface area contributed by atoms with Gasteiger partial charge in [-0.1, -0.05) is 11.8 Å². The Balaban J connectivity index is 2.61. The molecule has 0 aromatic carbocycles. The van der Waals surface area contributed by atoms with E-state index >= 15 is 0 Å². The lowest BCUT2D eigenvalue weighted by Crippen LogP contribution is -1.76. The summed E-state index contributed by atoms with van der Waals surface area (Å²) >= 11 is 8.86. The average molecular weight is 270 g/mol. The summed E-state index contributed by atoms with van der Waals surface area (Å²) < 4.78 is 0.943. The van der Waals surface area contributed by atoms with Crippen molar-refractivity contribution in [2.45, 2.75) is 0 Å². The standard InChI is InChI=1S/C10H6BrClN2/c11-8-4-9-7(2-1-3-12)5-13-10(9)14-6-8/h4-6H,3H2,(H,13,14). The molecule has 0 spiro atoms. The first kappa shape index (κ1) is 9.57. The number of hydrogen-bond donors (Lipinski definition) is 1. The molecule has 0 atom stereocenters. The third-order valence-corrected chi connectivity index (χ3v) is 2.35. The topological polar surface area (TPSA) is 28.7 Å². The number of pyridine rings is 1. The summed E-state index contributed by atoms with van der Waals surface area (Å²) in [6.07, 6.45) is 3.58. The maximum atomic E-state index is 5.49. The van der Waals surface area contributed by atoms with Gasteiger partial charge in [0.15, 0.2) is 0 Å². The van der Waals surface area contributed by atoms with E-state index in [1.54, 1.807) is 6.20 Å². The fraction of sp³-hybridized carbons (Fsp3) is 0.100. The van der Waals surface area contributed by atoms with Gasteiger partial charge in [0.1, 0.15) is 5.65 Å². The van der Waals surface area contributed by atoms with Crippen molar-refractivity contribution in [1.82, 2.24) is 9.97 Å². The summed E-state index contributed by atoms with van der Waals surface area (Å²) in [5.74, 6) is 6.13. The molecule has 0 saturated carbocycles. The largest absolute Gasteiger partial charge is 0.345 e. The van der Waals surface area contributed by atoms with Gasteiger partial charge in [0.2, 0.25) is 0 Å². The van der Waals surface area contributed by atoms with Gasteiger partial charge in [-0.3, -0.25) is 0 Å². The van der Waals surface area contributed by atoms with Crippen molar-refractivity contribution in [3.05, 3.63) is 28.5 Å². The molecular weight excluding hydrogens is 263 g/mol. The van der Waals surface area contributed by atoms with Crippen molar-refractivity contribution in [3.63, 3.8) is 0 Å². The number of nitrogens with zero attached hydrogens (tertiary/aromatic N) is 1. The van der Waals surface area contributed by atoms with Crippen LogP contribution < -0.4 is 0 Å². The van der Waals surface area contributed by atoms with Crippen LogP contribution in [0.1, 0.15) is 5.56 Å². The van der Waals surface area contributed by atoms with Crippen molar-refractivity contribution >= 4 is 38.6 Å². The summed E-state index contributed by atoms with van der Waals surface area (Å²) in [5.41, 5.74) is 1.77. The Morgan fingerprint density at radius 1 is 1.57 bits per heavy atom. The third kappa shape index (κ3) is 1.77. The monoisotopic (exact) mass is 268 g/mol. The lowest BCUT2D eigenvalue weighted by Gasteiger charge is -1.90. The van der Waals surface area contributed by atoms with Gasteiger partial charge >= 0.3 is 0 Å². The number of aromatic nitrogens is 2. The summed E-state index contributed by atoms with van der Waals surface area (Å²) in [7, 11) is 0. The maximum absolute atomic E-state index is 5.49. The Hall–Kier alpha value is -0.980. The zero-order valence-electron chi connectivity index (χ0n) is 7.14. The van der Waals surface area contributed by atoms with Gasteiger partial charge in [-0.25, -0.2) is 4.98 Å². The Labute approximate surface area is 94.8 Å². The van der Waals surface area contributed by atoms with E-state index in [0.29, 0.717) is 5.88 Å². The Morgan fingerprint density at radius 3 is 3.21 bits per heavy atom. The van der Waals surface area contributed by atoms with Gasteiger partial charge in [-0.05, 0) is 22.0 Å². The fourth-order valence-corrected chi connectivity index (χ4v) is 1.61. The highest BCUT2D eigenvalue weighted by molar-refractivity contribution is 9.10. The molecule has 0 aliphatic carbocycles. The van der Waals surface area contributed by atoms with Gasteiger partial charge < -0.3 is 4.98 Å². The molecule has 0 unspecified atom stereocenters. The van der Waals surface area contributed by atoms with Crippen LogP contribution >= 0.6 is 27.5 Å². The lowest BCUT2D eigenvalue weighted by molar-refractivity contribution is 1.31. The van der Waals surface area contributed by atoms with Crippen molar-refractivity contribution in [2.75, 3.05) is 5.88 Å². The van der Waals surface area contributed by atoms with Crippen LogP contribution in [-0.2, 0) is 0 Å². The van der Waals surface area contributed by atoms with Crippen LogP contribution in [0.4, 0.5) is 0 Å². The van der Waals surface area contributed by atoms with Gasteiger partial charge in [-0.15, -0.1) is 11.6 Å². The Kier molecular flexibility index (Phi) is 2.76. The number of aromatic amines is 1. The summed E-state index contributed by atoms with van der Waals surface area (Å²) in [6, 6.07) is 1.98. The van der Waals surface area contributed by atoms with Crippen molar-refractivity contribution in [1.29, 1.82) is 0 Å². The fourth-order valence-electron chi connectivity index (χ4n) is 1.21. The van der Waals surface area contributed by atoms with Gasteiger partial charge in [-0.2, -0.15) is 0 Å². The van der Waals surface area contributed by atoms with Gasteiger partial charge in [0.25, 0.3) is 0 Å². The SMILES string of the molecule is ClCC#Cc1c[nH]c2ncc(Br)cc12. The van der Waals surface area contributed by atoms with E-state index < -0.39 is 0 Å². The number of halogens is 2. The Morgan fingerprint density at radius 2 is 2.43 bits per heavy atom. The summed E-state index contributed by atoms with van der Waals surface area (Å²) in [4.78, 5) is 7.25. The molecule has 2 heterocycles. The first-order valence-electron chi connectivity index (χ1n) is 3.98. The normalized spacial score (nSPS) is 9.86. The number of hydrogen-bond acceptors (Lipinski definition) is 1. The molecule has 14 heavy (non-hydrogen) atoms. The van der Waals surface area contributed by atoms with E-state index in [-0.39, 0.29) is 0 Å². The highest BCUT2D eigenvalue weighted by Gasteiger charge is 2.02. The second-order valence-corrected chi connectivity index (χ2v) is 3.87. The van der Waals surface area contributed by atoms with Crippen LogP contribution in [-0.4, -0.2) is 15.8 Å². The second-order valence-electron chi connectivity index (χ2n) is 2.69. The molecule has 0 fully saturated rings. The molecule has 1 N–H and O–H groups in total. The molecule has 0 saturated heterocycles. The second kappa shape index (κ2) is 4.04. The zero-order valence-corrected chi connectivity index (χ0v) is 9.48. The average Bonchev–Trinajstić information content (AvgIpc) is 2.57. The minimum Gasteiger partial charge on any atom is -0.345 e. The molecule has 0 aliphatic heterocycles. The predicted octanol–water partition coefficient (Wildman–Crippen LogP) is 2.92. The minimum atomic E-state index is 0.341. The van der Waals surface area contributed by atoms with Gasteiger partial charge in [0.05, 0.1) is 11.4 Å². The smallest absolute Gasteiger partial charge is 0.138 e. The number of nitrogens with one attached hydrogen (secondary N) is 1. The highest BCUT2D eigenvalue weighted by Crippen LogP contribution is 2.19. The quantitative estimate of drug-likeness (QED) is 0.578. The molecule has 4 heteroatoms. The van der Waals surface area contributed by atoms with Gasteiger partial charge in [0, 0.05) is 22.3 Å². The molecule has 2 aromatic rings. The molecule has 0 bridgehead atoms. The zero-order chi connectivity index (χ0) is 9.97. The molecule has 70 valence electrons. The first-order valence-corrected chi connectivity index (χ1v) is 5.31. The molecule has 2 rings (SSSR count). The summed E-state index contributed by atoms with van der Waals surface area (Å²) in [5, 5.41) is 1.01. The van der Waals surface area contributed by atoms with E-state index in [1.165, 1.54) is 0 Å². The molecule has 0 radical (unpaired) electrons. The number of alkyl halides is 1. The molecular formula is C10H6BrClN2. The summed E-state index contributed by atoms with van der Waals surface area (Å²) in [6.45, 7) is 0. The van der Waals surface area contributed by atoms with E-state index in [2.05, 4.69) is 37.7 Å². The van der Waals surface area contributed by atoms with Crippen molar-refractivity contribution in [2.24, 2.45) is 0 Å². The molecule has 2 aromatic heterocycles. The van der Waals surface area contributed by atoms with Crippen molar-refractivity contribution in [3.8, 4) is 11.8 Å².